The third-order valence-electron chi connectivity index (χ3n) is 2.73. The first-order valence-electron chi connectivity index (χ1n) is 6.16. The van der Waals surface area contributed by atoms with Crippen molar-refractivity contribution in [1.82, 2.24) is 10.4 Å². The second-order valence-corrected chi connectivity index (χ2v) is 6.83. The molecule has 0 aromatic heterocycles. The van der Waals surface area contributed by atoms with Gasteiger partial charge in [-0.2, -0.15) is 0 Å². The highest BCUT2D eigenvalue weighted by Crippen LogP contribution is 2.20. The van der Waals surface area contributed by atoms with E-state index in [1.54, 1.807) is 11.1 Å². The number of rotatable bonds is 5. The Kier molecular flexibility index (Phi) is 4.95. The van der Waals surface area contributed by atoms with E-state index in [1.807, 2.05) is 26.8 Å². The van der Waals surface area contributed by atoms with Crippen molar-refractivity contribution in [3.05, 3.63) is 22.8 Å². The molecule has 0 spiro atoms. The fraction of sp³-hybridized carbons (Fsp3) is 0.667. The van der Waals surface area contributed by atoms with Gasteiger partial charge in [-0.05, 0) is 31.9 Å². The van der Waals surface area contributed by atoms with Gasteiger partial charge in [0.25, 0.3) is 0 Å². The number of hydrogen-bond acceptors (Lipinski definition) is 5. The van der Waals surface area contributed by atoms with Crippen molar-refractivity contribution in [3.8, 4) is 0 Å². The molecular formula is C12H23N3O2S. The van der Waals surface area contributed by atoms with Crippen molar-refractivity contribution < 1.29 is 8.42 Å². The molecule has 3 N–H and O–H groups in total. The largest absolute Gasteiger partial charge is 0.324 e. The van der Waals surface area contributed by atoms with Crippen LogP contribution >= 0.6 is 0 Å². The van der Waals surface area contributed by atoms with Crippen LogP contribution in [0.1, 0.15) is 27.2 Å². The molecule has 0 aromatic carbocycles. The van der Waals surface area contributed by atoms with Gasteiger partial charge in [0.05, 0.1) is 6.54 Å². The molecule has 1 rings (SSSR count). The summed E-state index contributed by atoms with van der Waals surface area (Å²) in [7, 11) is -3.27. The molecule has 1 heterocycles. The molecule has 104 valence electrons. The summed E-state index contributed by atoms with van der Waals surface area (Å²) in [6.45, 7) is 6.44. The van der Waals surface area contributed by atoms with Crippen LogP contribution in [-0.4, -0.2) is 38.3 Å². The fourth-order valence-corrected chi connectivity index (χ4v) is 2.67. The van der Waals surface area contributed by atoms with Crippen LogP contribution < -0.4 is 11.2 Å². The molecule has 0 saturated carbocycles. The number of hydrazine groups is 1. The molecule has 0 fully saturated rings. The average Bonchev–Trinajstić information content (AvgIpc) is 2.26. The van der Waals surface area contributed by atoms with E-state index in [4.69, 9.17) is 5.73 Å². The summed E-state index contributed by atoms with van der Waals surface area (Å²) in [5.74, 6) is 0. The van der Waals surface area contributed by atoms with Crippen LogP contribution in [0.3, 0.4) is 0 Å². The van der Waals surface area contributed by atoms with Crippen molar-refractivity contribution in [3.63, 3.8) is 0 Å². The number of hydrogen-bond donors (Lipinski definition) is 2. The Morgan fingerprint density at radius 3 is 2.56 bits per heavy atom. The van der Waals surface area contributed by atoms with Crippen LogP contribution in [0.4, 0.5) is 0 Å². The molecule has 1 atom stereocenters. The Bertz CT molecular complexity index is 452. The predicted octanol–water partition coefficient (Wildman–Crippen LogP) is 0.765. The van der Waals surface area contributed by atoms with Gasteiger partial charge in [-0.1, -0.05) is 13.0 Å². The summed E-state index contributed by atoms with van der Waals surface area (Å²) in [6, 6.07) is 0.0629. The first-order valence-corrected chi connectivity index (χ1v) is 8.06. The zero-order valence-electron chi connectivity index (χ0n) is 11.5. The summed E-state index contributed by atoms with van der Waals surface area (Å²) < 4.78 is 23.6. The van der Waals surface area contributed by atoms with Gasteiger partial charge in [0.15, 0.2) is 9.84 Å². The smallest absolute Gasteiger partial charge is 0.191 e. The first kappa shape index (κ1) is 15.2. The Hall–Kier alpha value is -0.850. The summed E-state index contributed by atoms with van der Waals surface area (Å²) in [5, 5.41) is 1.95. The second kappa shape index (κ2) is 5.86. The monoisotopic (exact) mass is 273 g/mol. The average molecular weight is 273 g/mol. The summed E-state index contributed by atoms with van der Waals surface area (Å²) >= 11 is 0. The fourth-order valence-electron chi connectivity index (χ4n) is 1.80. The number of nitrogens with zero attached hydrogens (tertiary/aromatic N) is 1. The molecule has 18 heavy (non-hydrogen) atoms. The molecule has 0 unspecified atom stereocenters. The lowest BCUT2D eigenvalue weighted by molar-refractivity contribution is 0.252. The minimum atomic E-state index is -3.27. The number of nitrogens with two attached hydrogens (primary N) is 1. The summed E-state index contributed by atoms with van der Waals surface area (Å²) in [6.07, 6.45) is 5.64. The van der Waals surface area contributed by atoms with Crippen molar-refractivity contribution in [1.29, 1.82) is 0 Å². The number of nitrogens with one attached hydrogen (secondary N) is 1. The first-order chi connectivity index (χ1) is 8.25. The van der Waals surface area contributed by atoms with Gasteiger partial charge in [-0.3, -0.25) is 5.01 Å². The molecule has 6 heteroatoms. The second-order valence-electron chi connectivity index (χ2n) is 4.87. The molecule has 0 radical (unpaired) electrons. The van der Waals surface area contributed by atoms with Crippen molar-refractivity contribution >= 4 is 9.84 Å². The minimum absolute atomic E-state index is 0.108. The van der Waals surface area contributed by atoms with Crippen molar-refractivity contribution in [2.75, 3.05) is 12.8 Å². The molecule has 0 aliphatic carbocycles. The highest BCUT2D eigenvalue weighted by molar-refractivity contribution is 7.94. The Morgan fingerprint density at radius 2 is 2.11 bits per heavy atom. The lowest BCUT2D eigenvalue weighted by Gasteiger charge is -2.31. The quantitative estimate of drug-likeness (QED) is 0.773. The van der Waals surface area contributed by atoms with E-state index in [-0.39, 0.29) is 17.1 Å². The summed E-state index contributed by atoms with van der Waals surface area (Å²) in [4.78, 5) is 0. The van der Waals surface area contributed by atoms with Crippen LogP contribution in [0.15, 0.2) is 22.8 Å². The highest BCUT2D eigenvalue weighted by atomic mass is 32.2. The Balaban J connectivity index is 3.05. The topological polar surface area (TPSA) is 75.4 Å². The van der Waals surface area contributed by atoms with Crippen LogP contribution in [0, 0.1) is 0 Å². The van der Waals surface area contributed by atoms with Crippen molar-refractivity contribution in [2.45, 2.75) is 39.3 Å². The lowest BCUT2D eigenvalue weighted by atomic mass is 10.0. The van der Waals surface area contributed by atoms with Crippen LogP contribution in [0.2, 0.25) is 0 Å². The predicted molar refractivity (Wildman–Crippen MR) is 74.3 cm³/mol. The standard InChI is InChI=1S/C12H23N3O2S/c1-5-11(13)10-6-7-15(14-9(2)3)12(8-10)18(4,16)17/h6,8-9,11,14H,5,7,13H2,1-4H3/t11-/m0/s1. The molecule has 5 nitrogen and oxygen atoms in total. The SMILES string of the molecule is CC[C@H](N)C1=CCN(NC(C)C)C(S(C)(=O)=O)=C1. The Morgan fingerprint density at radius 1 is 1.50 bits per heavy atom. The normalized spacial score (nSPS) is 18.7. The number of sulfone groups is 1. The zero-order chi connectivity index (χ0) is 13.9. The van der Waals surface area contributed by atoms with Gasteiger partial charge < -0.3 is 5.73 Å². The molecule has 1 aliphatic rings. The molecule has 0 aromatic rings. The Labute approximate surface area is 110 Å². The molecule has 0 bridgehead atoms. The van der Waals surface area contributed by atoms with E-state index >= 15 is 0 Å². The van der Waals surface area contributed by atoms with Gasteiger partial charge in [0.1, 0.15) is 5.03 Å². The maximum absolute atomic E-state index is 11.8. The third kappa shape index (κ3) is 3.83. The highest BCUT2D eigenvalue weighted by Gasteiger charge is 2.24. The third-order valence-corrected chi connectivity index (χ3v) is 3.83. The van der Waals surface area contributed by atoms with Gasteiger partial charge >= 0.3 is 0 Å². The molecule has 0 saturated heterocycles. The maximum Gasteiger partial charge on any atom is 0.191 e. The van der Waals surface area contributed by atoms with E-state index in [0.29, 0.717) is 6.54 Å². The van der Waals surface area contributed by atoms with Crippen molar-refractivity contribution in [2.24, 2.45) is 5.73 Å². The van der Waals surface area contributed by atoms with Gasteiger partial charge in [0, 0.05) is 18.3 Å². The zero-order valence-corrected chi connectivity index (χ0v) is 12.3. The van der Waals surface area contributed by atoms with E-state index in [9.17, 15) is 8.42 Å². The minimum Gasteiger partial charge on any atom is -0.324 e. The lowest BCUT2D eigenvalue weighted by Crippen LogP contribution is -2.45. The summed E-state index contributed by atoms with van der Waals surface area (Å²) in [5.41, 5.74) is 9.96. The van der Waals surface area contributed by atoms with Gasteiger partial charge in [-0.25, -0.2) is 13.8 Å². The van der Waals surface area contributed by atoms with Gasteiger partial charge in [0.2, 0.25) is 0 Å². The van der Waals surface area contributed by atoms with E-state index in [1.165, 1.54) is 6.26 Å². The van der Waals surface area contributed by atoms with Crippen LogP contribution in [0.5, 0.6) is 0 Å². The maximum atomic E-state index is 11.8. The van der Waals surface area contributed by atoms with E-state index < -0.39 is 9.84 Å². The van der Waals surface area contributed by atoms with E-state index in [0.717, 1.165) is 12.0 Å². The van der Waals surface area contributed by atoms with Crippen LogP contribution in [-0.2, 0) is 9.84 Å². The molecule has 0 amide bonds. The van der Waals surface area contributed by atoms with Gasteiger partial charge in [-0.15, -0.1) is 0 Å². The molecular weight excluding hydrogens is 250 g/mol. The van der Waals surface area contributed by atoms with Crippen LogP contribution in [0.25, 0.3) is 0 Å². The van der Waals surface area contributed by atoms with E-state index in [2.05, 4.69) is 5.43 Å². The molecule has 1 aliphatic heterocycles.